The van der Waals surface area contributed by atoms with Crippen LogP contribution in [0, 0.1) is 6.92 Å². The summed E-state index contributed by atoms with van der Waals surface area (Å²) in [6.07, 6.45) is 3.17. The van der Waals surface area contributed by atoms with E-state index in [-0.39, 0.29) is 11.9 Å². The van der Waals surface area contributed by atoms with Gasteiger partial charge in [0.25, 0.3) is 0 Å². The van der Waals surface area contributed by atoms with Crippen LogP contribution in [0.1, 0.15) is 24.8 Å². The fraction of sp³-hybridized carbons (Fsp3) is 0.462. The fourth-order valence-corrected chi connectivity index (χ4v) is 2.20. The second-order valence-corrected chi connectivity index (χ2v) is 4.89. The molecule has 1 aliphatic rings. The lowest BCUT2D eigenvalue weighted by Gasteiger charge is -2.23. The highest BCUT2D eigenvalue weighted by atomic mass is 35.5. The Balaban J connectivity index is 2.04. The molecule has 0 radical (unpaired) electrons. The van der Waals surface area contributed by atoms with Gasteiger partial charge >= 0.3 is 0 Å². The molecular formula is C13H17ClN2O. The number of rotatable bonds is 2. The Kier molecular flexibility index (Phi) is 4.02. The highest BCUT2D eigenvalue weighted by molar-refractivity contribution is 6.31. The molecule has 0 saturated carbocycles. The van der Waals surface area contributed by atoms with Crippen LogP contribution in [0.2, 0.25) is 5.02 Å². The van der Waals surface area contributed by atoms with Crippen LogP contribution in [0.25, 0.3) is 0 Å². The van der Waals surface area contributed by atoms with E-state index in [4.69, 9.17) is 11.6 Å². The predicted octanol–water partition coefficient (Wildman–Crippen LogP) is 2.73. The van der Waals surface area contributed by atoms with E-state index in [1.165, 1.54) is 0 Å². The van der Waals surface area contributed by atoms with Crippen molar-refractivity contribution in [1.82, 2.24) is 5.32 Å². The van der Waals surface area contributed by atoms with Crippen molar-refractivity contribution in [2.24, 2.45) is 0 Å². The first-order valence-corrected chi connectivity index (χ1v) is 6.35. The van der Waals surface area contributed by atoms with E-state index in [9.17, 15) is 4.79 Å². The van der Waals surface area contributed by atoms with Crippen LogP contribution in [0.3, 0.4) is 0 Å². The number of amides is 1. The maximum Gasteiger partial charge on any atom is 0.241 e. The van der Waals surface area contributed by atoms with Crippen LogP contribution in [-0.4, -0.2) is 18.5 Å². The smallest absolute Gasteiger partial charge is 0.241 e. The van der Waals surface area contributed by atoms with Crippen molar-refractivity contribution in [3.8, 4) is 0 Å². The Morgan fingerprint density at radius 3 is 3.00 bits per heavy atom. The van der Waals surface area contributed by atoms with Crippen molar-refractivity contribution in [1.29, 1.82) is 0 Å². The van der Waals surface area contributed by atoms with Crippen LogP contribution >= 0.6 is 11.6 Å². The van der Waals surface area contributed by atoms with Gasteiger partial charge < -0.3 is 10.6 Å². The van der Waals surface area contributed by atoms with E-state index in [0.29, 0.717) is 5.02 Å². The molecule has 3 nitrogen and oxygen atoms in total. The summed E-state index contributed by atoms with van der Waals surface area (Å²) in [5.41, 5.74) is 1.83. The third-order valence-corrected chi connectivity index (χ3v) is 3.32. The summed E-state index contributed by atoms with van der Waals surface area (Å²) in [6, 6.07) is 5.46. The fourth-order valence-electron chi connectivity index (χ4n) is 2.02. The predicted molar refractivity (Wildman–Crippen MR) is 70.5 cm³/mol. The number of halogens is 1. The maximum absolute atomic E-state index is 12.0. The van der Waals surface area contributed by atoms with E-state index in [1.807, 2.05) is 19.1 Å². The van der Waals surface area contributed by atoms with Crippen LogP contribution < -0.4 is 10.6 Å². The van der Waals surface area contributed by atoms with Crippen molar-refractivity contribution >= 4 is 23.2 Å². The van der Waals surface area contributed by atoms with Gasteiger partial charge in [-0.15, -0.1) is 0 Å². The Morgan fingerprint density at radius 2 is 2.29 bits per heavy atom. The first-order chi connectivity index (χ1) is 8.16. The van der Waals surface area contributed by atoms with Gasteiger partial charge in [-0.25, -0.2) is 0 Å². The van der Waals surface area contributed by atoms with Crippen molar-refractivity contribution in [3.05, 3.63) is 28.8 Å². The van der Waals surface area contributed by atoms with E-state index in [1.54, 1.807) is 6.07 Å². The number of anilines is 1. The molecule has 2 N–H and O–H groups in total. The molecule has 0 unspecified atom stereocenters. The first-order valence-electron chi connectivity index (χ1n) is 5.97. The molecule has 1 saturated heterocycles. The molecule has 1 aromatic carbocycles. The van der Waals surface area contributed by atoms with Crippen LogP contribution in [0.15, 0.2) is 18.2 Å². The second-order valence-electron chi connectivity index (χ2n) is 4.45. The zero-order valence-electron chi connectivity index (χ0n) is 9.92. The van der Waals surface area contributed by atoms with Crippen molar-refractivity contribution in [3.63, 3.8) is 0 Å². The molecule has 1 aromatic rings. The lowest BCUT2D eigenvalue weighted by molar-refractivity contribution is -0.118. The Hall–Kier alpha value is -1.06. The van der Waals surface area contributed by atoms with Crippen LogP contribution in [0.5, 0.6) is 0 Å². The second kappa shape index (κ2) is 5.52. The van der Waals surface area contributed by atoms with Crippen molar-refractivity contribution < 1.29 is 4.79 Å². The van der Waals surface area contributed by atoms with Crippen molar-refractivity contribution in [2.45, 2.75) is 32.2 Å². The molecular weight excluding hydrogens is 236 g/mol. The van der Waals surface area contributed by atoms with Gasteiger partial charge in [0.05, 0.1) is 6.04 Å². The molecule has 1 atom stereocenters. The number of nitrogens with one attached hydrogen (secondary N) is 2. The van der Waals surface area contributed by atoms with Crippen molar-refractivity contribution in [2.75, 3.05) is 11.9 Å². The minimum absolute atomic E-state index is 0.0371. The summed E-state index contributed by atoms with van der Waals surface area (Å²) in [5.74, 6) is 0.0371. The monoisotopic (exact) mass is 252 g/mol. The molecule has 1 amide bonds. The number of aryl methyl sites for hydroxylation is 1. The number of hydrogen-bond donors (Lipinski definition) is 2. The summed E-state index contributed by atoms with van der Waals surface area (Å²) in [5, 5.41) is 6.80. The standard InChI is InChI=1S/C13H17ClN2O/c1-9-5-6-10(14)8-12(9)16-13(17)11-4-2-3-7-15-11/h5-6,8,11,15H,2-4,7H2,1H3,(H,16,17)/t11-/m1/s1. The first kappa shape index (κ1) is 12.4. The van der Waals surface area contributed by atoms with Gasteiger partial charge in [0, 0.05) is 10.7 Å². The lowest BCUT2D eigenvalue weighted by atomic mass is 10.0. The number of hydrogen-bond acceptors (Lipinski definition) is 2. The molecule has 1 fully saturated rings. The molecule has 1 heterocycles. The normalized spacial score (nSPS) is 20.0. The average molecular weight is 253 g/mol. The van der Waals surface area contributed by atoms with Gasteiger partial charge in [-0.1, -0.05) is 24.1 Å². The summed E-state index contributed by atoms with van der Waals surface area (Å²) in [4.78, 5) is 12.0. The van der Waals surface area contributed by atoms with Gasteiger partial charge in [0.1, 0.15) is 0 Å². The largest absolute Gasteiger partial charge is 0.324 e. The SMILES string of the molecule is Cc1ccc(Cl)cc1NC(=O)[C@H]1CCCCN1. The van der Waals surface area contributed by atoms with Gasteiger partial charge in [-0.05, 0) is 44.0 Å². The topological polar surface area (TPSA) is 41.1 Å². The highest BCUT2D eigenvalue weighted by Crippen LogP contribution is 2.21. The zero-order valence-corrected chi connectivity index (χ0v) is 10.7. The lowest BCUT2D eigenvalue weighted by Crippen LogP contribution is -2.43. The molecule has 0 bridgehead atoms. The molecule has 0 aromatic heterocycles. The van der Waals surface area contributed by atoms with E-state index >= 15 is 0 Å². The van der Waals surface area contributed by atoms with Crippen LogP contribution in [0.4, 0.5) is 5.69 Å². The van der Waals surface area contributed by atoms with E-state index in [2.05, 4.69) is 10.6 Å². The Morgan fingerprint density at radius 1 is 1.47 bits per heavy atom. The van der Waals surface area contributed by atoms with Gasteiger partial charge in [0.15, 0.2) is 0 Å². The number of carbonyl (C=O) groups excluding carboxylic acids is 1. The molecule has 92 valence electrons. The molecule has 17 heavy (non-hydrogen) atoms. The van der Waals surface area contributed by atoms with Gasteiger partial charge in [0.2, 0.25) is 5.91 Å². The Labute approximate surface area is 107 Å². The molecule has 4 heteroatoms. The summed E-state index contributed by atoms with van der Waals surface area (Å²) in [6.45, 7) is 2.88. The quantitative estimate of drug-likeness (QED) is 0.850. The van der Waals surface area contributed by atoms with E-state index in [0.717, 1.165) is 37.1 Å². The summed E-state index contributed by atoms with van der Waals surface area (Å²) < 4.78 is 0. The summed E-state index contributed by atoms with van der Waals surface area (Å²) in [7, 11) is 0. The average Bonchev–Trinajstić information content (AvgIpc) is 2.35. The van der Waals surface area contributed by atoms with Gasteiger partial charge in [-0.2, -0.15) is 0 Å². The van der Waals surface area contributed by atoms with Crippen LogP contribution in [-0.2, 0) is 4.79 Å². The number of benzene rings is 1. The zero-order chi connectivity index (χ0) is 12.3. The highest BCUT2D eigenvalue weighted by Gasteiger charge is 2.20. The minimum atomic E-state index is -0.0675. The molecule has 2 rings (SSSR count). The molecule has 0 aliphatic carbocycles. The maximum atomic E-state index is 12.0. The summed E-state index contributed by atoms with van der Waals surface area (Å²) >= 11 is 5.92. The molecule has 1 aliphatic heterocycles. The van der Waals surface area contributed by atoms with E-state index < -0.39 is 0 Å². The number of piperidine rings is 1. The Bertz CT molecular complexity index is 414. The number of carbonyl (C=O) groups is 1. The minimum Gasteiger partial charge on any atom is -0.324 e. The third kappa shape index (κ3) is 3.20. The van der Waals surface area contributed by atoms with Gasteiger partial charge in [-0.3, -0.25) is 4.79 Å². The third-order valence-electron chi connectivity index (χ3n) is 3.08. The molecule has 0 spiro atoms.